The summed E-state index contributed by atoms with van der Waals surface area (Å²) in [6.45, 7) is 6.35. The predicted octanol–water partition coefficient (Wildman–Crippen LogP) is 3.54. The number of ether oxygens (including phenoxy) is 1. The van der Waals surface area contributed by atoms with Gasteiger partial charge in [-0.2, -0.15) is 0 Å². The number of benzene rings is 1. The number of nitrogens with zero attached hydrogens (tertiary/aromatic N) is 1. The molecule has 26 heavy (non-hydrogen) atoms. The number of hydrogen-bond donors (Lipinski definition) is 0. The molecular formula is C20H26FNO4. The number of Topliss-reactive ketones (excluding diaryl/α,β-unsaturated/α-hetero) is 2. The molecule has 0 unspecified atom stereocenters. The Morgan fingerprint density at radius 3 is 2.23 bits per heavy atom. The van der Waals surface area contributed by atoms with Gasteiger partial charge >= 0.3 is 6.09 Å². The summed E-state index contributed by atoms with van der Waals surface area (Å²) in [5.41, 5.74) is 0.153. The van der Waals surface area contributed by atoms with Crippen molar-refractivity contribution in [1.29, 1.82) is 0 Å². The van der Waals surface area contributed by atoms with Crippen LogP contribution in [0.15, 0.2) is 24.3 Å². The summed E-state index contributed by atoms with van der Waals surface area (Å²) < 4.78 is 18.2. The highest BCUT2D eigenvalue weighted by atomic mass is 19.1. The highest BCUT2D eigenvalue weighted by molar-refractivity contribution is 6.00. The topological polar surface area (TPSA) is 63.7 Å². The van der Waals surface area contributed by atoms with Crippen molar-refractivity contribution in [3.8, 4) is 0 Å². The van der Waals surface area contributed by atoms with Crippen LogP contribution in [0.5, 0.6) is 0 Å². The van der Waals surface area contributed by atoms with Crippen LogP contribution in [0.4, 0.5) is 9.18 Å². The number of hydrogen-bond acceptors (Lipinski definition) is 4. The second-order valence-corrected chi connectivity index (χ2v) is 7.73. The molecule has 0 radical (unpaired) electrons. The molecule has 1 aromatic rings. The predicted molar refractivity (Wildman–Crippen MR) is 95.3 cm³/mol. The Morgan fingerprint density at radius 2 is 1.69 bits per heavy atom. The van der Waals surface area contributed by atoms with Crippen molar-refractivity contribution in [3.63, 3.8) is 0 Å². The minimum absolute atomic E-state index is 0.0825. The summed E-state index contributed by atoms with van der Waals surface area (Å²) in [5, 5.41) is 0. The van der Waals surface area contributed by atoms with Crippen molar-refractivity contribution < 1.29 is 23.5 Å². The maximum Gasteiger partial charge on any atom is 0.410 e. The van der Waals surface area contributed by atoms with E-state index in [9.17, 15) is 18.8 Å². The molecule has 1 aliphatic heterocycles. The fourth-order valence-corrected chi connectivity index (χ4v) is 2.94. The maximum atomic E-state index is 12.9. The van der Waals surface area contributed by atoms with Crippen LogP contribution in [0, 0.1) is 11.7 Å². The molecule has 1 saturated heterocycles. The highest BCUT2D eigenvalue weighted by Gasteiger charge is 2.30. The summed E-state index contributed by atoms with van der Waals surface area (Å²) in [7, 11) is 0. The van der Waals surface area contributed by atoms with E-state index in [0.29, 0.717) is 31.5 Å². The number of carbonyl (C=O) groups is 3. The lowest BCUT2D eigenvalue weighted by Crippen LogP contribution is -2.43. The third kappa shape index (κ3) is 6.24. The summed E-state index contributed by atoms with van der Waals surface area (Å²) in [6.07, 6.45) is 0.733. The molecule has 5 nitrogen and oxygen atoms in total. The second-order valence-electron chi connectivity index (χ2n) is 7.73. The SMILES string of the molecule is CC(C)(C)OC(=O)N1CCC(C(=O)CC(=O)Cc2ccc(F)cc2)CC1. The zero-order valence-electron chi connectivity index (χ0n) is 15.6. The third-order valence-electron chi connectivity index (χ3n) is 4.29. The largest absolute Gasteiger partial charge is 0.444 e. The minimum atomic E-state index is -0.545. The maximum absolute atomic E-state index is 12.9. The lowest BCUT2D eigenvalue weighted by molar-refractivity contribution is -0.130. The molecule has 142 valence electrons. The van der Waals surface area contributed by atoms with Crippen LogP contribution in [-0.2, 0) is 20.7 Å². The molecule has 1 heterocycles. The van der Waals surface area contributed by atoms with E-state index in [-0.39, 0.29) is 42.2 Å². The van der Waals surface area contributed by atoms with E-state index in [4.69, 9.17) is 4.74 Å². The quantitative estimate of drug-likeness (QED) is 0.751. The molecule has 0 bridgehead atoms. The Labute approximate surface area is 153 Å². The van der Waals surface area contributed by atoms with Crippen molar-refractivity contribution in [1.82, 2.24) is 4.90 Å². The smallest absolute Gasteiger partial charge is 0.410 e. The Hall–Kier alpha value is -2.24. The molecule has 1 fully saturated rings. The van der Waals surface area contributed by atoms with Crippen LogP contribution in [0.25, 0.3) is 0 Å². The van der Waals surface area contributed by atoms with Gasteiger partial charge in [0.25, 0.3) is 0 Å². The average molecular weight is 363 g/mol. The van der Waals surface area contributed by atoms with E-state index < -0.39 is 5.60 Å². The molecule has 6 heteroatoms. The number of halogens is 1. The van der Waals surface area contributed by atoms with Gasteiger partial charge in [0.05, 0.1) is 6.42 Å². The third-order valence-corrected chi connectivity index (χ3v) is 4.29. The van der Waals surface area contributed by atoms with Crippen LogP contribution < -0.4 is 0 Å². The van der Waals surface area contributed by atoms with Crippen molar-refractivity contribution in [3.05, 3.63) is 35.6 Å². The van der Waals surface area contributed by atoms with E-state index in [1.807, 2.05) is 20.8 Å². The number of ketones is 2. The Morgan fingerprint density at radius 1 is 1.12 bits per heavy atom. The van der Waals surface area contributed by atoms with Crippen molar-refractivity contribution in [2.24, 2.45) is 5.92 Å². The summed E-state index contributed by atoms with van der Waals surface area (Å²) >= 11 is 0. The molecule has 0 saturated carbocycles. The molecule has 0 aromatic heterocycles. The summed E-state index contributed by atoms with van der Waals surface area (Å²) in [4.78, 5) is 38.1. The minimum Gasteiger partial charge on any atom is -0.444 e. The summed E-state index contributed by atoms with van der Waals surface area (Å²) in [6, 6.07) is 5.71. The van der Waals surface area contributed by atoms with Gasteiger partial charge in [-0.05, 0) is 51.3 Å². The molecule has 2 rings (SSSR count). The van der Waals surface area contributed by atoms with Crippen LogP contribution in [0.2, 0.25) is 0 Å². The molecule has 0 aliphatic carbocycles. The Kier molecular flexibility index (Phi) is 6.51. The lowest BCUT2D eigenvalue weighted by Gasteiger charge is -2.32. The average Bonchev–Trinajstić information content (AvgIpc) is 2.55. The first kappa shape index (κ1) is 20.1. The molecule has 1 aromatic carbocycles. The van der Waals surface area contributed by atoms with Gasteiger partial charge in [0.2, 0.25) is 0 Å². The van der Waals surface area contributed by atoms with E-state index in [1.54, 1.807) is 17.0 Å². The zero-order valence-corrected chi connectivity index (χ0v) is 15.6. The normalized spacial score (nSPS) is 15.6. The number of rotatable bonds is 5. The van der Waals surface area contributed by atoms with E-state index >= 15 is 0 Å². The number of carbonyl (C=O) groups excluding carboxylic acids is 3. The molecular weight excluding hydrogens is 337 g/mol. The highest BCUT2D eigenvalue weighted by Crippen LogP contribution is 2.22. The van der Waals surface area contributed by atoms with Gasteiger partial charge in [0, 0.05) is 25.4 Å². The monoisotopic (exact) mass is 363 g/mol. The second kappa shape index (κ2) is 8.43. The fourth-order valence-electron chi connectivity index (χ4n) is 2.94. The van der Waals surface area contributed by atoms with Gasteiger partial charge in [-0.15, -0.1) is 0 Å². The first-order valence-electron chi connectivity index (χ1n) is 8.91. The van der Waals surface area contributed by atoms with E-state index in [0.717, 1.165) is 0 Å². The standard InChI is InChI=1S/C20H26FNO4/c1-20(2,3)26-19(25)22-10-8-15(9-11-22)18(24)13-17(23)12-14-4-6-16(21)7-5-14/h4-7,15H,8-13H2,1-3H3. The van der Waals surface area contributed by atoms with Crippen LogP contribution in [0.1, 0.15) is 45.6 Å². The molecule has 0 spiro atoms. The van der Waals surface area contributed by atoms with Crippen molar-refractivity contribution in [2.75, 3.05) is 13.1 Å². The number of likely N-dealkylation sites (tertiary alicyclic amines) is 1. The Bertz CT molecular complexity index is 655. The van der Waals surface area contributed by atoms with Gasteiger partial charge < -0.3 is 9.64 Å². The Balaban J connectivity index is 1.78. The van der Waals surface area contributed by atoms with Crippen molar-refractivity contribution in [2.45, 2.75) is 52.1 Å². The van der Waals surface area contributed by atoms with E-state index in [1.165, 1.54) is 12.1 Å². The van der Waals surface area contributed by atoms with Gasteiger partial charge in [0.15, 0.2) is 0 Å². The van der Waals surface area contributed by atoms with E-state index in [2.05, 4.69) is 0 Å². The fraction of sp³-hybridized carbons (Fsp3) is 0.550. The van der Waals surface area contributed by atoms with Gasteiger partial charge in [0.1, 0.15) is 23.0 Å². The first-order valence-corrected chi connectivity index (χ1v) is 8.91. The molecule has 1 aliphatic rings. The van der Waals surface area contributed by atoms with Crippen LogP contribution in [-0.4, -0.2) is 41.3 Å². The van der Waals surface area contributed by atoms with Crippen molar-refractivity contribution >= 4 is 17.7 Å². The van der Waals surface area contributed by atoms with Gasteiger partial charge in [-0.25, -0.2) is 9.18 Å². The first-order chi connectivity index (χ1) is 12.1. The van der Waals surface area contributed by atoms with Crippen LogP contribution >= 0.6 is 0 Å². The lowest BCUT2D eigenvalue weighted by atomic mass is 9.89. The molecule has 1 amide bonds. The zero-order chi connectivity index (χ0) is 19.3. The van der Waals surface area contributed by atoms with Gasteiger partial charge in [-0.1, -0.05) is 12.1 Å². The number of piperidine rings is 1. The molecule has 0 N–H and O–H groups in total. The van der Waals surface area contributed by atoms with Gasteiger partial charge in [-0.3, -0.25) is 9.59 Å². The number of amides is 1. The molecule has 0 atom stereocenters. The summed E-state index contributed by atoms with van der Waals surface area (Å²) in [5.74, 6) is -0.808. The van der Waals surface area contributed by atoms with Crippen LogP contribution in [0.3, 0.4) is 0 Å².